The third kappa shape index (κ3) is 2.20. The van der Waals surface area contributed by atoms with Crippen molar-refractivity contribution < 1.29 is 9.53 Å². The second-order valence-electron chi connectivity index (χ2n) is 4.03. The molecule has 0 bridgehead atoms. The number of aromatic nitrogens is 4. The number of ether oxygens (including phenoxy) is 1. The number of carbonyl (C=O) groups is 1. The van der Waals surface area contributed by atoms with Crippen LogP contribution < -0.4 is 5.73 Å². The van der Waals surface area contributed by atoms with E-state index in [1.54, 1.807) is 38.0 Å². The molecule has 2 aromatic heterocycles. The number of esters is 1. The van der Waals surface area contributed by atoms with Crippen molar-refractivity contribution in [3.8, 4) is 0 Å². The van der Waals surface area contributed by atoms with E-state index >= 15 is 0 Å². The Hall–Kier alpha value is -2.31. The Balaban J connectivity index is 2.08. The zero-order valence-electron chi connectivity index (χ0n) is 10.5. The predicted molar refractivity (Wildman–Crippen MR) is 64.7 cm³/mol. The molecule has 0 aliphatic heterocycles. The van der Waals surface area contributed by atoms with Crippen LogP contribution in [-0.2, 0) is 25.4 Å². The molecule has 0 saturated heterocycles. The van der Waals surface area contributed by atoms with Gasteiger partial charge in [0, 0.05) is 20.3 Å². The van der Waals surface area contributed by atoms with Crippen LogP contribution in [0, 0.1) is 6.92 Å². The summed E-state index contributed by atoms with van der Waals surface area (Å²) < 4.78 is 8.21. The van der Waals surface area contributed by atoms with Gasteiger partial charge in [-0.15, -0.1) is 0 Å². The molecule has 0 amide bonds. The van der Waals surface area contributed by atoms with E-state index in [1.807, 2.05) is 0 Å². The van der Waals surface area contributed by atoms with Crippen LogP contribution in [0.1, 0.15) is 21.9 Å². The van der Waals surface area contributed by atoms with Gasteiger partial charge in [0.2, 0.25) is 0 Å². The second-order valence-corrected chi connectivity index (χ2v) is 4.03. The van der Waals surface area contributed by atoms with Crippen molar-refractivity contribution >= 4 is 11.7 Å². The molecule has 0 aliphatic rings. The first-order valence-electron chi connectivity index (χ1n) is 5.43. The van der Waals surface area contributed by atoms with E-state index < -0.39 is 5.97 Å². The summed E-state index contributed by atoms with van der Waals surface area (Å²) in [6.07, 6.45) is 1.78. The van der Waals surface area contributed by atoms with Gasteiger partial charge in [0.15, 0.2) is 5.69 Å². The van der Waals surface area contributed by atoms with Gasteiger partial charge < -0.3 is 10.5 Å². The molecular formula is C11H15N5O2. The SMILES string of the molecule is Cc1nn(C)c(C(=O)OCc2ccn(C)n2)c1N. The minimum absolute atomic E-state index is 0.114. The van der Waals surface area contributed by atoms with Crippen LogP contribution in [-0.4, -0.2) is 25.5 Å². The molecule has 0 saturated carbocycles. The molecule has 0 aromatic carbocycles. The standard InChI is InChI=1S/C11H15N5O2/c1-7-9(12)10(16(3)13-7)11(17)18-6-8-4-5-15(2)14-8/h4-5H,6,12H2,1-3H3. The fourth-order valence-electron chi connectivity index (χ4n) is 1.66. The predicted octanol–water partition coefficient (Wildman–Crippen LogP) is 0.401. The van der Waals surface area contributed by atoms with Crippen LogP contribution in [0.15, 0.2) is 12.3 Å². The van der Waals surface area contributed by atoms with Crippen LogP contribution in [0.3, 0.4) is 0 Å². The Morgan fingerprint density at radius 3 is 2.67 bits per heavy atom. The van der Waals surface area contributed by atoms with Crippen molar-refractivity contribution in [2.45, 2.75) is 13.5 Å². The molecular weight excluding hydrogens is 234 g/mol. The third-order valence-electron chi connectivity index (χ3n) is 2.58. The molecule has 2 N–H and O–H groups in total. The van der Waals surface area contributed by atoms with E-state index in [2.05, 4.69) is 10.2 Å². The monoisotopic (exact) mass is 249 g/mol. The molecule has 0 spiro atoms. The summed E-state index contributed by atoms with van der Waals surface area (Å²) in [5.41, 5.74) is 7.69. The number of hydrogen-bond donors (Lipinski definition) is 1. The van der Waals surface area contributed by atoms with E-state index in [0.29, 0.717) is 17.1 Å². The summed E-state index contributed by atoms with van der Waals surface area (Å²) in [5, 5.41) is 8.17. The maximum atomic E-state index is 11.9. The number of rotatable bonds is 3. The first-order valence-corrected chi connectivity index (χ1v) is 5.43. The zero-order chi connectivity index (χ0) is 13.3. The summed E-state index contributed by atoms with van der Waals surface area (Å²) in [7, 11) is 3.45. The highest BCUT2D eigenvalue weighted by atomic mass is 16.5. The Morgan fingerprint density at radius 2 is 2.17 bits per heavy atom. The summed E-state index contributed by atoms with van der Waals surface area (Å²) in [4.78, 5) is 11.9. The molecule has 96 valence electrons. The molecule has 7 nitrogen and oxygen atoms in total. The molecule has 0 unspecified atom stereocenters. The van der Waals surface area contributed by atoms with E-state index in [1.165, 1.54) is 4.68 Å². The first-order chi connectivity index (χ1) is 8.49. The third-order valence-corrected chi connectivity index (χ3v) is 2.58. The number of aryl methyl sites for hydroxylation is 3. The van der Waals surface area contributed by atoms with Crippen molar-refractivity contribution in [2.75, 3.05) is 5.73 Å². The quantitative estimate of drug-likeness (QED) is 0.795. The number of nitrogens with two attached hydrogens (primary N) is 1. The highest BCUT2D eigenvalue weighted by Crippen LogP contribution is 2.16. The van der Waals surface area contributed by atoms with Gasteiger partial charge in [-0.25, -0.2) is 4.79 Å². The number of nitrogen functional groups attached to an aromatic ring is 1. The highest BCUT2D eigenvalue weighted by Gasteiger charge is 2.19. The van der Waals surface area contributed by atoms with Crippen molar-refractivity contribution in [1.82, 2.24) is 19.6 Å². The van der Waals surface area contributed by atoms with Gasteiger partial charge in [-0.3, -0.25) is 9.36 Å². The average molecular weight is 249 g/mol. The van der Waals surface area contributed by atoms with Crippen LogP contribution in [0.25, 0.3) is 0 Å². The van der Waals surface area contributed by atoms with Crippen molar-refractivity contribution in [3.05, 3.63) is 29.3 Å². The van der Waals surface area contributed by atoms with Crippen molar-refractivity contribution in [1.29, 1.82) is 0 Å². The van der Waals surface area contributed by atoms with E-state index in [-0.39, 0.29) is 12.3 Å². The smallest absolute Gasteiger partial charge is 0.359 e. The van der Waals surface area contributed by atoms with Gasteiger partial charge in [-0.05, 0) is 13.0 Å². The van der Waals surface area contributed by atoms with Gasteiger partial charge in [-0.2, -0.15) is 10.2 Å². The van der Waals surface area contributed by atoms with Crippen LogP contribution in [0.5, 0.6) is 0 Å². The molecule has 2 aromatic rings. The molecule has 0 fully saturated rings. The van der Waals surface area contributed by atoms with Gasteiger partial charge >= 0.3 is 5.97 Å². The lowest BCUT2D eigenvalue weighted by molar-refractivity contribution is 0.0455. The Morgan fingerprint density at radius 1 is 1.44 bits per heavy atom. The van der Waals surface area contributed by atoms with Crippen molar-refractivity contribution in [3.63, 3.8) is 0 Å². The van der Waals surface area contributed by atoms with Gasteiger partial charge in [0.25, 0.3) is 0 Å². The maximum absolute atomic E-state index is 11.9. The minimum Gasteiger partial charge on any atom is -0.454 e. The summed E-state index contributed by atoms with van der Waals surface area (Å²) in [5.74, 6) is -0.499. The molecule has 2 heterocycles. The number of nitrogens with zero attached hydrogens (tertiary/aromatic N) is 4. The van der Waals surface area contributed by atoms with Gasteiger partial charge in [0.1, 0.15) is 6.61 Å². The largest absolute Gasteiger partial charge is 0.454 e. The summed E-state index contributed by atoms with van der Waals surface area (Å²) >= 11 is 0. The number of hydrogen-bond acceptors (Lipinski definition) is 5. The van der Waals surface area contributed by atoms with E-state index in [9.17, 15) is 4.79 Å². The van der Waals surface area contributed by atoms with Gasteiger partial charge in [-0.1, -0.05) is 0 Å². The second kappa shape index (κ2) is 4.52. The summed E-state index contributed by atoms with van der Waals surface area (Å²) in [6.45, 7) is 1.86. The fourth-order valence-corrected chi connectivity index (χ4v) is 1.66. The first kappa shape index (κ1) is 12.2. The molecule has 0 aliphatic carbocycles. The highest BCUT2D eigenvalue weighted by molar-refractivity contribution is 5.93. The number of anilines is 1. The van der Waals surface area contributed by atoms with Crippen LogP contribution >= 0.6 is 0 Å². The zero-order valence-corrected chi connectivity index (χ0v) is 10.5. The van der Waals surface area contributed by atoms with E-state index in [4.69, 9.17) is 10.5 Å². The molecule has 0 atom stereocenters. The lowest BCUT2D eigenvalue weighted by Crippen LogP contribution is -2.13. The van der Waals surface area contributed by atoms with Crippen molar-refractivity contribution in [2.24, 2.45) is 14.1 Å². The molecule has 2 rings (SSSR count). The van der Waals surface area contributed by atoms with Crippen LogP contribution in [0.2, 0.25) is 0 Å². The topological polar surface area (TPSA) is 88.0 Å². The van der Waals surface area contributed by atoms with Crippen LogP contribution in [0.4, 0.5) is 5.69 Å². The Labute approximate surface area is 104 Å². The molecule has 7 heteroatoms. The lowest BCUT2D eigenvalue weighted by atomic mass is 10.3. The number of carbonyl (C=O) groups excluding carboxylic acids is 1. The fraction of sp³-hybridized carbons (Fsp3) is 0.364. The normalized spacial score (nSPS) is 10.6. The van der Waals surface area contributed by atoms with E-state index in [0.717, 1.165) is 0 Å². The Kier molecular flexibility index (Phi) is 3.05. The average Bonchev–Trinajstić information content (AvgIpc) is 2.82. The summed E-state index contributed by atoms with van der Waals surface area (Å²) in [6, 6.07) is 1.78. The minimum atomic E-state index is -0.499. The molecule has 0 radical (unpaired) electrons. The Bertz CT molecular complexity index is 584. The lowest BCUT2D eigenvalue weighted by Gasteiger charge is -2.04. The maximum Gasteiger partial charge on any atom is 0.359 e. The van der Waals surface area contributed by atoms with Gasteiger partial charge in [0.05, 0.1) is 17.1 Å². The molecule has 18 heavy (non-hydrogen) atoms.